The first kappa shape index (κ1) is 16.0. The molecule has 0 saturated carbocycles. The molecule has 2 heterocycles. The number of piperidine rings is 1. The first-order valence-corrected chi connectivity index (χ1v) is 8.78. The normalized spacial score (nSPS) is 20.4. The summed E-state index contributed by atoms with van der Waals surface area (Å²) in [6.07, 6.45) is 2.59. The van der Waals surface area contributed by atoms with E-state index < -0.39 is 10.0 Å². The Bertz CT molecular complexity index is 604. The first-order chi connectivity index (χ1) is 9.79. The van der Waals surface area contributed by atoms with Crippen LogP contribution in [0.1, 0.15) is 29.9 Å². The molecule has 0 radical (unpaired) electrons. The number of rotatable bonds is 4. The van der Waals surface area contributed by atoms with Gasteiger partial charge in [0.2, 0.25) is 15.9 Å². The van der Waals surface area contributed by atoms with E-state index in [1.807, 2.05) is 6.92 Å². The van der Waals surface area contributed by atoms with E-state index in [0.29, 0.717) is 31.7 Å². The van der Waals surface area contributed by atoms with Crippen molar-refractivity contribution in [3.63, 3.8) is 0 Å². The van der Waals surface area contributed by atoms with E-state index in [1.54, 1.807) is 6.92 Å². The van der Waals surface area contributed by atoms with Crippen LogP contribution >= 0.6 is 0 Å². The number of hydrogen-bond donors (Lipinski definition) is 1. The summed E-state index contributed by atoms with van der Waals surface area (Å²) in [4.78, 5) is 12.2. The Morgan fingerprint density at radius 2 is 2.19 bits per heavy atom. The number of carbonyl (C=O) groups excluding carboxylic acids is 1. The van der Waals surface area contributed by atoms with Crippen molar-refractivity contribution in [1.82, 2.24) is 14.8 Å². The Labute approximate surface area is 124 Å². The maximum atomic E-state index is 12.2. The van der Waals surface area contributed by atoms with E-state index in [9.17, 15) is 13.2 Å². The number of amides is 1. The molecule has 0 spiro atoms. The molecular formula is C13H21N3O4S. The van der Waals surface area contributed by atoms with Gasteiger partial charge in [0.15, 0.2) is 0 Å². The maximum Gasteiger partial charge on any atom is 0.224 e. The second-order valence-electron chi connectivity index (χ2n) is 5.48. The summed E-state index contributed by atoms with van der Waals surface area (Å²) in [5, 5.41) is 6.69. The van der Waals surface area contributed by atoms with Crippen LogP contribution in [0.5, 0.6) is 0 Å². The van der Waals surface area contributed by atoms with Crippen LogP contribution in [0.15, 0.2) is 4.52 Å². The third-order valence-electron chi connectivity index (χ3n) is 3.84. The molecule has 1 fully saturated rings. The highest BCUT2D eigenvalue weighted by atomic mass is 32.2. The predicted molar refractivity (Wildman–Crippen MR) is 77.0 cm³/mol. The van der Waals surface area contributed by atoms with Gasteiger partial charge in [-0.1, -0.05) is 5.16 Å². The molecule has 7 nitrogen and oxygen atoms in total. The minimum absolute atomic E-state index is 0.122. The summed E-state index contributed by atoms with van der Waals surface area (Å²) in [6.45, 7) is 4.73. The summed E-state index contributed by atoms with van der Waals surface area (Å²) in [6, 6.07) is 0. The average molecular weight is 315 g/mol. The molecule has 0 aliphatic carbocycles. The van der Waals surface area contributed by atoms with Gasteiger partial charge in [0.25, 0.3) is 0 Å². The molecule has 118 valence electrons. The van der Waals surface area contributed by atoms with E-state index in [4.69, 9.17) is 4.52 Å². The number of aryl methyl sites for hydroxylation is 2. The summed E-state index contributed by atoms with van der Waals surface area (Å²) < 4.78 is 29.5. The molecule has 1 aromatic heterocycles. The number of nitrogens with one attached hydrogen (secondary N) is 1. The molecule has 0 aromatic carbocycles. The third-order valence-corrected chi connectivity index (χ3v) is 5.11. The van der Waals surface area contributed by atoms with E-state index >= 15 is 0 Å². The lowest BCUT2D eigenvalue weighted by atomic mass is 9.98. The van der Waals surface area contributed by atoms with Crippen molar-refractivity contribution in [3.05, 3.63) is 17.0 Å². The topological polar surface area (TPSA) is 92.5 Å². The van der Waals surface area contributed by atoms with Crippen molar-refractivity contribution in [3.8, 4) is 0 Å². The van der Waals surface area contributed by atoms with Gasteiger partial charge in [0, 0.05) is 25.2 Å². The van der Waals surface area contributed by atoms with E-state index in [2.05, 4.69) is 10.5 Å². The van der Waals surface area contributed by atoms with Gasteiger partial charge in [-0.05, 0) is 26.7 Å². The molecule has 1 amide bonds. The molecule has 0 bridgehead atoms. The Balaban J connectivity index is 1.94. The largest absolute Gasteiger partial charge is 0.361 e. The molecule has 1 atom stereocenters. The summed E-state index contributed by atoms with van der Waals surface area (Å²) in [7, 11) is -3.24. The minimum Gasteiger partial charge on any atom is -0.361 e. The van der Waals surface area contributed by atoms with Gasteiger partial charge >= 0.3 is 0 Å². The van der Waals surface area contributed by atoms with Crippen LogP contribution in [0.2, 0.25) is 0 Å². The van der Waals surface area contributed by atoms with Crippen molar-refractivity contribution in [1.29, 1.82) is 0 Å². The zero-order valence-electron chi connectivity index (χ0n) is 12.5. The van der Waals surface area contributed by atoms with Crippen molar-refractivity contribution in [2.45, 2.75) is 33.2 Å². The van der Waals surface area contributed by atoms with Gasteiger partial charge in [-0.15, -0.1) is 0 Å². The van der Waals surface area contributed by atoms with Gasteiger partial charge in [0.1, 0.15) is 5.76 Å². The molecule has 1 N–H and O–H groups in total. The number of nitrogens with zero attached hydrogens (tertiary/aromatic N) is 2. The zero-order chi connectivity index (χ0) is 15.6. The SMILES string of the molecule is Cc1noc(C)c1CNC(=O)[C@@H]1CCCN(S(C)(=O)=O)C1. The van der Waals surface area contributed by atoms with Gasteiger partial charge in [-0.3, -0.25) is 4.79 Å². The van der Waals surface area contributed by atoms with Crippen LogP contribution < -0.4 is 5.32 Å². The van der Waals surface area contributed by atoms with Crippen molar-refractivity contribution < 1.29 is 17.7 Å². The second-order valence-corrected chi connectivity index (χ2v) is 7.46. The molecule has 1 aliphatic heterocycles. The standard InChI is InChI=1S/C13H21N3O4S/c1-9-12(10(2)20-15-9)7-14-13(17)11-5-4-6-16(8-11)21(3,18)19/h11H,4-8H2,1-3H3,(H,14,17)/t11-/m1/s1. The Kier molecular flexibility index (Phi) is 4.67. The molecule has 0 unspecified atom stereocenters. The predicted octanol–water partition coefficient (Wildman–Crippen LogP) is 0.579. The molecular weight excluding hydrogens is 294 g/mol. The Morgan fingerprint density at radius 1 is 1.48 bits per heavy atom. The highest BCUT2D eigenvalue weighted by Crippen LogP contribution is 2.19. The average Bonchev–Trinajstić information content (AvgIpc) is 2.75. The first-order valence-electron chi connectivity index (χ1n) is 6.93. The van der Waals surface area contributed by atoms with E-state index in [-0.39, 0.29) is 18.4 Å². The van der Waals surface area contributed by atoms with E-state index in [1.165, 1.54) is 10.6 Å². The molecule has 8 heteroatoms. The lowest BCUT2D eigenvalue weighted by Crippen LogP contribution is -2.44. The van der Waals surface area contributed by atoms with Gasteiger partial charge < -0.3 is 9.84 Å². The minimum atomic E-state index is -3.24. The Morgan fingerprint density at radius 3 is 2.76 bits per heavy atom. The molecule has 1 aliphatic rings. The van der Waals surface area contributed by atoms with Crippen molar-refractivity contribution in [2.75, 3.05) is 19.3 Å². The number of aromatic nitrogens is 1. The lowest BCUT2D eigenvalue weighted by Gasteiger charge is -2.30. The smallest absolute Gasteiger partial charge is 0.224 e. The maximum absolute atomic E-state index is 12.2. The summed E-state index contributed by atoms with van der Waals surface area (Å²) in [5.41, 5.74) is 1.63. The van der Waals surface area contributed by atoms with Gasteiger partial charge in [0.05, 0.1) is 17.9 Å². The van der Waals surface area contributed by atoms with Crippen LogP contribution in [0.4, 0.5) is 0 Å². The molecule has 2 rings (SSSR count). The number of carbonyl (C=O) groups is 1. The van der Waals surface area contributed by atoms with Gasteiger partial charge in [-0.25, -0.2) is 12.7 Å². The lowest BCUT2D eigenvalue weighted by molar-refractivity contribution is -0.126. The summed E-state index contributed by atoms with van der Waals surface area (Å²) >= 11 is 0. The van der Waals surface area contributed by atoms with Crippen LogP contribution in [-0.2, 0) is 21.4 Å². The van der Waals surface area contributed by atoms with E-state index in [0.717, 1.165) is 11.3 Å². The quantitative estimate of drug-likeness (QED) is 0.877. The Hall–Kier alpha value is -1.41. The molecule has 21 heavy (non-hydrogen) atoms. The third kappa shape index (κ3) is 3.82. The summed E-state index contributed by atoms with van der Waals surface area (Å²) in [5.74, 6) is 0.270. The van der Waals surface area contributed by atoms with Crippen LogP contribution in [-0.4, -0.2) is 43.1 Å². The second kappa shape index (κ2) is 6.15. The fourth-order valence-electron chi connectivity index (χ4n) is 2.53. The molecule has 1 aromatic rings. The fraction of sp³-hybridized carbons (Fsp3) is 0.692. The number of sulfonamides is 1. The van der Waals surface area contributed by atoms with Crippen LogP contribution in [0, 0.1) is 19.8 Å². The highest BCUT2D eigenvalue weighted by Gasteiger charge is 2.30. The number of hydrogen-bond acceptors (Lipinski definition) is 5. The highest BCUT2D eigenvalue weighted by molar-refractivity contribution is 7.88. The monoisotopic (exact) mass is 315 g/mol. The zero-order valence-corrected chi connectivity index (χ0v) is 13.4. The van der Waals surface area contributed by atoms with Crippen molar-refractivity contribution >= 4 is 15.9 Å². The fourth-order valence-corrected chi connectivity index (χ4v) is 3.44. The van der Waals surface area contributed by atoms with Crippen LogP contribution in [0.25, 0.3) is 0 Å². The van der Waals surface area contributed by atoms with Crippen LogP contribution in [0.3, 0.4) is 0 Å². The van der Waals surface area contributed by atoms with Crippen molar-refractivity contribution in [2.24, 2.45) is 5.92 Å². The van der Waals surface area contributed by atoms with Gasteiger partial charge in [-0.2, -0.15) is 0 Å². The molecule has 1 saturated heterocycles.